The van der Waals surface area contributed by atoms with Gasteiger partial charge in [-0.3, -0.25) is 4.79 Å². The summed E-state index contributed by atoms with van der Waals surface area (Å²) in [6, 6.07) is 6.60. The lowest BCUT2D eigenvalue weighted by atomic mass is 9.67. The van der Waals surface area contributed by atoms with Crippen LogP contribution in [0.4, 0.5) is 0 Å². The van der Waals surface area contributed by atoms with Crippen LogP contribution in [-0.4, -0.2) is 18.1 Å². The first-order chi connectivity index (χ1) is 11.5. The van der Waals surface area contributed by atoms with Crippen LogP contribution in [0.2, 0.25) is 0 Å². The Kier molecular flexibility index (Phi) is 4.04. The number of aryl methyl sites for hydroxylation is 1. The average Bonchev–Trinajstić information content (AvgIpc) is 2.52. The molecule has 0 spiro atoms. The highest BCUT2D eigenvalue weighted by molar-refractivity contribution is 7.89. The molecule has 2 aromatic rings. The number of aromatic nitrogens is 1. The van der Waals surface area contributed by atoms with Gasteiger partial charge in [-0.25, -0.2) is 13.1 Å². The summed E-state index contributed by atoms with van der Waals surface area (Å²) in [5, 5.41) is 9.98. The second-order valence-corrected chi connectivity index (χ2v) is 8.91. The van der Waals surface area contributed by atoms with Gasteiger partial charge in [0.2, 0.25) is 15.5 Å². The van der Waals surface area contributed by atoms with Gasteiger partial charge in [0.15, 0.2) is 5.75 Å². The molecule has 1 aliphatic rings. The zero-order valence-corrected chi connectivity index (χ0v) is 15.6. The number of nitrogens with zero attached hydrogens (tertiary/aromatic N) is 1. The van der Waals surface area contributed by atoms with E-state index in [1.54, 1.807) is 30.7 Å². The number of fused-ring (bicyclic) bond motifs is 1. The van der Waals surface area contributed by atoms with Crippen LogP contribution < -0.4 is 10.2 Å². The van der Waals surface area contributed by atoms with Crippen LogP contribution in [0.3, 0.4) is 0 Å². The molecule has 0 radical (unpaired) electrons. The predicted octanol–water partition coefficient (Wildman–Crippen LogP) is 1.71. The number of sulfonamides is 1. The van der Waals surface area contributed by atoms with Crippen molar-refractivity contribution in [3.05, 3.63) is 57.0 Å². The van der Waals surface area contributed by atoms with Gasteiger partial charge in [-0.05, 0) is 36.0 Å². The molecule has 0 atom stereocenters. The van der Waals surface area contributed by atoms with Crippen molar-refractivity contribution in [2.24, 2.45) is 7.05 Å². The Morgan fingerprint density at radius 3 is 2.64 bits per heavy atom. The molecular formula is C18H22N2O4S. The Balaban J connectivity index is 1.93. The standard InChI is InChI=1S/C18H22N2O4S/c1-11-8-15(21)17(22)14(20(11)4)10-19-25(23,24)16-7-5-6-13-12(16)9-18(13,2)3/h5-8,19,22H,9-10H2,1-4H3. The lowest BCUT2D eigenvalue weighted by molar-refractivity contribution is 0.444. The Bertz CT molecular complexity index is 1020. The summed E-state index contributed by atoms with van der Waals surface area (Å²) in [7, 11) is -2.07. The number of rotatable bonds is 4. The van der Waals surface area contributed by atoms with Gasteiger partial charge in [0.1, 0.15) is 0 Å². The Morgan fingerprint density at radius 1 is 1.32 bits per heavy atom. The molecule has 0 aliphatic heterocycles. The Morgan fingerprint density at radius 2 is 2.00 bits per heavy atom. The fourth-order valence-electron chi connectivity index (χ4n) is 3.38. The number of nitrogens with one attached hydrogen (secondary N) is 1. The van der Waals surface area contributed by atoms with Gasteiger partial charge in [-0.15, -0.1) is 0 Å². The molecule has 7 heteroatoms. The highest BCUT2D eigenvalue weighted by Gasteiger charge is 2.38. The summed E-state index contributed by atoms with van der Waals surface area (Å²) in [4.78, 5) is 12.0. The molecular weight excluding hydrogens is 340 g/mol. The van der Waals surface area contributed by atoms with Crippen LogP contribution in [0, 0.1) is 6.92 Å². The summed E-state index contributed by atoms with van der Waals surface area (Å²) in [6.07, 6.45) is 0.702. The first kappa shape index (κ1) is 17.7. The summed E-state index contributed by atoms with van der Waals surface area (Å²) in [5.74, 6) is -0.432. The first-order valence-corrected chi connectivity index (χ1v) is 9.53. The number of hydrogen-bond donors (Lipinski definition) is 2. The largest absolute Gasteiger partial charge is 0.503 e. The van der Waals surface area contributed by atoms with E-state index >= 15 is 0 Å². The lowest BCUT2D eigenvalue weighted by Crippen LogP contribution is -2.36. The van der Waals surface area contributed by atoms with Crippen molar-refractivity contribution in [1.29, 1.82) is 0 Å². The molecule has 6 nitrogen and oxygen atoms in total. The summed E-state index contributed by atoms with van der Waals surface area (Å²) in [6.45, 7) is 5.73. The highest BCUT2D eigenvalue weighted by Crippen LogP contribution is 2.43. The van der Waals surface area contributed by atoms with Crippen LogP contribution in [-0.2, 0) is 35.5 Å². The van der Waals surface area contributed by atoms with Crippen molar-refractivity contribution in [3.63, 3.8) is 0 Å². The molecule has 0 saturated carbocycles. The van der Waals surface area contributed by atoms with Crippen LogP contribution in [0.15, 0.2) is 34.0 Å². The summed E-state index contributed by atoms with van der Waals surface area (Å²) < 4.78 is 29.6. The number of aromatic hydroxyl groups is 1. The van der Waals surface area contributed by atoms with Crippen molar-refractivity contribution < 1.29 is 13.5 Å². The number of benzene rings is 1. The molecule has 0 amide bonds. The number of pyridine rings is 1. The van der Waals surface area contributed by atoms with E-state index in [1.165, 1.54) is 6.07 Å². The van der Waals surface area contributed by atoms with E-state index in [0.717, 1.165) is 11.1 Å². The van der Waals surface area contributed by atoms with Crippen molar-refractivity contribution in [2.75, 3.05) is 0 Å². The molecule has 0 unspecified atom stereocenters. The minimum Gasteiger partial charge on any atom is -0.503 e. The van der Waals surface area contributed by atoms with Crippen LogP contribution in [0.25, 0.3) is 0 Å². The molecule has 0 fully saturated rings. The second kappa shape index (κ2) is 5.71. The van der Waals surface area contributed by atoms with Gasteiger partial charge in [-0.1, -0.05) is 26.0 Å². The molecule has 3 rings (SSSR count). The zero-order valence-electron chi connectivity index (χ0n) is 14.8. The topological polar surface area (TPSA) is 88.4 Å². The van der Waals surface area contributed by atoms with Crippen LogP contribution in [0.5, 0.6) is 5.75 Å². The quantitative estimate of drug-likeness (QED) is 0.867. The average molecular weight is 362 g/mol. The van der Waals surface area contributed by atoms with Gasteiger partial charge in [0.05, 0.1) is 17.1 Å². The fraction of sp³-hybridized carbons (Fsp3) is 0.389. The predicted molar refractivity (Wildman–Crippen MR) is 95.3 cm³/mol. The van der Waals surface area contributed by atoms with E-state index in [-0.39, 0.29) is 22.5 Å². The first-order valence-electron chi connectivity index (χ1n) is 8.05. The maximum Gasteiger partial charge on any atom is 0.241 e. The van der Waals surface area contributed by atoms with Crippen molar-refractivity contribution in [2.45, 2.75) is 44.0 Å². The SMILES string of the molecule is Cc1cc(=O)c(O)c(CNS(=O)(=O)c2cccc3c2CC3(C)C)n1C. The third kappa shape index (κ3) is 2.87. The molecule has 2 N–H and O–H groups in total. The van der Waals surface area contributed by atoms with Gasteiger partial charge >= 0.3 is 0 Å². The van der Waals surface area contributed by atoms with Gasteiger partial charge in [0, 0.05) is 18.8 Å². The van der Waals surface area contributed by atoms with E-state index in [0.29, 0.717) is 12.1 Å². The molecule has 1 aromatic heterocycles. The molecule has 25 heavy (non-hydrogen) atoms. The third-order valence-corrected chi connectivity index (χ3v) is 6.47. The number of hydrogen-bond acceptors (Lipinski definition) is 4. The Hall–Kier alpha value is -2.12. The maximum atomic E-state index is 12.7. The second-order valence-electron chi connectivity index (χ2n) is 7.17. The van der Waals surface area contributed by atoms with Gasteiger partial charge < -0.3 is 9.67 Å². The summed E-state index contributed by atoms with van der Waals surface area (Å²) >= 11 is 0. The van der Waals surface area contributed by atoms with E-state index in [4.69, 9.17) is 0 Å². The van der Waals surface area contributed by atoms with Crippen molar-refractivity contribution >= 4 is 10.0 Å². The minimum absolute atomic E-state index is 0.0143. The van der Waals surface area contributed by atoms with Crippen molar-refractivity contribution in [1.82, 2.24) is 9.29 Å². The third-order valence-electron chi connectivity index (χ3n) is 4.98. The van der Waals surface area contributed by atoms with Crippen molar-refractivity contribution in [3.8, 4) is 5.75 Å². The normalized spacial score (nSPS) is 15.5. The van der Waals surface area contributed by atoms with Crippen LogP contribution >= 0.6 is 0 Å². The zero-order chi connectivity index (χ0) is 18.6. The molecule has 1 aromatic carbocycles. The molecule has 1 aliphatic carbocycles. The molecule has 0 saturated heterocycles. The lowest BCUT2D eigenvalue weighted by Gasteiger charge is -2.39. The molecule has 0 bridgehead atoms. The molecule has 1 heterocycles. The fourth-order valence-corrected chi connectivity index (χ4v) is 4.62. The summed E-state index contributed by atoms with van der Waals surface area (Å²) in [5.41, 5.74) is 2.23. The van der Waals surface area contributed by atoms with Gasteiger partial charge in [-0.2, -0.15) is 0 Å². The van der Waals surface area contributed by atoms with E-state index in [2.05, 4.69) is 18.6 Å². The van der Waals surface area contributed by atoms with Gasteiger partial charge in [0.25, 0.3) is 0 Å². The monoisotopic (exact) mass is 362 g/mol. The molecule has 134 valence electrons. The highest BCUT2D eigenvalue weighted by atomic mass is 32.2. The van der Waals surface area contributed by atoms with E-state index in [9.17, 15) is 18.3 Å². The Labute approximate surface area is 147 Å². The minimum atomic E-state index is -3.75. The van der Waals surface area contributed by atoms with E-state index < -0.39 is 21.2 Å². The maximum absolute atomic E-state index is 12.7. The van der Waals surface area contributed by atoms with Crippen LogP contribution in [0.1, 0.15) is 36.4 Å². The van der Waals surface area contributed by atoms with E-state index in [1.807, 2.05) is 6.07 Å². The smallest absolute Gasteiger partial charge is 0.241 e.